The first kappa shape index (κ1) is 31.9. The van der Waals surface area contributed by atoms with E-state index in [4.69, 9.17) is 4.74 Å². The minimum Gasteiger partial charge on any atom is -0.497 e. The summed E-state index contributed by atoms with van der Waals surface area (Å²) in [5.41, 5.74) is 4.29. The molecular weight excluding hydrogens is 605 g/mol. The Morgan fingerprint density at radius 2 is 1.73 bits per heavy atom. The number of thioether (sulfide) groups is 1. The molecule has 1 unspecified atom stereocenters. The number of carbonyl (C=O) groups excluding carboxylic acids is 1. The molecular formula is C32H33F3N6O3S. The van der Waals surface area contributed by atoms with Gasteiger partial charge in [0.25, 0.3) is 0 Å². The van der Waals surface area contributed by atoms with E-state index in [0.29, 0.717) is 16.7 Å². The molecule has 4 aromatic rings. The highest BCUT2D eigenvalue weighted by molar-refractivity contribution is 8.14. The average Bonchev–Trinajstić information content (AvgIpc) is 3.51. The zero-order valence-electron chi connectivity index (χ0n) is 25.2. The second kappa shape index (κ2) is 13.6. The zero-order valence-corrected chi connectivity index (χ0v) is 26.0. The second-order valence-electron chi connectivity index (χ2n) is 10.7. The number of nitrogens with one attached hydrogen (secondary N) is 1. The number of nitrogens with zero attached hydrogens (tertiary/aromatic N) is 5. The lowest BCUT2D eigenvalue weighted by Crippen LogP contribution is -2.36. The lowest BCUT2D eigenvalue weighted by molar-refractivity contribution is -0.274. The highest BCUT2D eigenvalue weighted by Gasteiger charge is 2.31. The Labute approximate surface area is 263 Å². The van der Waals surface area contributed by atoms with Gasteiger partial charge in [-0.1, -0.05) is 55.9 Å². The van der Waals surface area contributed by atoms with Gasteiger partial charge < -0.3 is 19.7 Å². The standard InChI is InChI=1S/C32H33F3N6O3S/c1-20(2)27-15-14-26(43-4)18-28(27)40-16-5-17-45-31(40)38-30(42)37-21(3)22-6-8-23(9-7-22)29-36-19-41(39-29)24-10-12-25(13-11-24)44-32(33,34)35/h6-15,18-21H,5,16-17H2,1-4H3,(H,37,42). The van der Waals surface area contributed by atoms with Crippen LogP contribution in [0.1, 0.15) is 50.3 Å². The summed E-state index contributed by atoms with van der Waals surface area (Å²) in [6.45, 7) is 6.92. The Balaban J connectivity index is 1.25. The van der Waals surface area contributed by atoms with E-state index in [9.17, 15) is 18.0 Å². The van der Waals surface area contributed by atoms with Crippen LogP contribution in [0.15, 0.2) is 78.0 Å². The molecule has 0 saturated carbocycles. The molecule has 0 spiro atoms. The van der Waals surface area contributed by atoms with E-state index in [-0.39, 0.29) is 17.7 Å². The fraction of sp³-hybridized carbons (Fsp3) is 0.312. The van der Waals surface area contributed by atoms with Crippen molar-refractivity contribution in [3.05, 3.63) is 84.2 Å². The molecule has 0 bridgehead atoms. The molecule has 1 aliphatic rings. The number of aromatic nitrogens is 3. The third-order valence-corrected chi connectivity index (χ3v) is 8.23. The molecule has 1 N–H and O–H groups in total. The zero-order chi connectivity index (χ0) is 32.1. The molecule has 9 nitrogen and oxygen atoms in total. The summed E-state index contributed by atoms with van der Waals surface area (Å²) in [7, 11) is 1.64. The van der Waals surface area contributed by atoms with Gasteiger partial charge in [0.2, 0.25) is 0 Å². The number of amidine groups is 1. The van der Waals surface area contributed by atoms with Crippen molar-refractivity contribution in [2.24, 2.45) is 4.99 Å². The van der Waals surface area contributed by atoms with Crippen LogP contribution in [0.25, 0.3) is 17.1 Å². The molecule has 3 aromatic carbocycles. The lowest BCUT2D eigenvalue weighted by atomic mass is 10.00. The van der Waals surface area contributed by atoms with Gasteiger partial charge in [-0.3, -0.25) is 0 Å². The number of methoxy groups -OCH3 is 1. The van der Waals surface area contributed by atoms with E-state index in [2.05, 4.69) is 49.9 Å². The quantitative estimate of drug-likeness (QED) is 0.211. The predicted molar refractivity (Wildman–Crippen MR) is 169 cm³/mol. The highest BCUT2D eigenvalue weighted by atomic mass is 32.2. The molecule has 2 amide bonds. The van der Waals surface area contributed by atoms with Crippen LogP contribution in [0.3, 0.4) is 0 Å². The topological polar surface area (TPSA) is 93.9 Å². The van der Waals surface area contributed by atoms with Gasteiger partial charge in [0.1, 0.15) is 17.8 Å². The number of benzene rings is 3. The Hall–Kier alpha value is -4.52. The number of urea groups is 1. The first-order valence-corrected chi connectivity index (χ1v) is 15.3. The number of anilines is 1. The van der Waals surface area contributed by atoms with Crippen LogP contribution in [0.5, 0.6) is 11.5 Å². The molecule has 13 heteroatoms. The summed E-state index contributed by atoms with van der Waals surface area (Å²) < 4.78 is 48.2. The first-order chi connectivity index (χ1) is 21.5. The molecule has 1 saturated heterocycles. The number of halogens is 3. The van der Waals surface area contributed by atoms with Crippen LogP contribution in [-0.2, 0) is 0 Å². The minimum atomic E-state index is -4.76. The van der Waals surface area contributed by atoms with E-state index in [1.807, 2.05) is 43.3 Å². The molecule has 45 heavy (non-hydrogen) atoms. The number of carbonyl (C=O) groups is 1. The summed E-state index contributed by atoms with van der Waals surface area (Å²) >= 11 is 1.56. The third-order valence-electron chi connectivity index (χ3n) is 7.17. The van der Waals surface area contributed by atoms with Gasteiger partial charge in [0.15, 0.2) is 11.0 Å². The Kier molecular flexibility index (Phi) is 9.66. The number of ether oxygens (including phenoxy) is 2. The number of alkyl halides is 3. The van der Waals surface area contributed by atoms with Gasteiger partial charge in [-0.15, -0.1) is 18.3 Å². The van der Waals surface area contributed by atoms with Crippen molar-refractivity contribution in [1.82, 2.24) is 20.1 Å². The van der Waals surface area contributed by atoms with Crippen LogP contribution >= 0.6 is 11.8 Å². The summed E-state index contributed by atoms with van der Waals surface area (Å²) in [5, 5.41) is 8.07. The lowest BCUT2D eigenvalue weighted by Gasteiger charge is -2.32. The summed E-state index contributed by atoms with van der Waals surface area (Å²) in [5.74, 6) is 2.03. The minimum absolute atomic E-state index is 0.285. The highest BCUT2D eigenvalue weighted by Crippen LogP contribution is 2.35. The molecule has 0 aliphatic carbocycles. The molecule has 1 atom stereocenters. The summed E-state index contributed by atoms with van der Waals surface area (Å²) in [4.78, 5) is 24.0. The predicted octanol–water partition coefficient (Wildman–Crippen LogP) is 7.74. The maximum atomic E-state index is 13.1. The van der Waals surface area contributed by atoms with Gasteiger partial charge in [-0.25, -0.2) is 14.5 Å². The molecule has 236 valence electrons. The number of aliphatic imine (C=N–C) groups is 1. The monoisotopic (exact) mass is 638 g/mol. The summed E-state index contributed by atoms with van der Waals surface area (Å²) in [6, 6.07) is 18.1. The number of amides is 2. The van der Waals surface area contributed by atoms with Crippen LogP contribution in [-0.4, -0.2) is 51.7 Å². The van der Waals surface area contributed by atoms with Gasteiger partial charge >= 0.3 is 12.4 Å². The maximum absolute atomic E-state index is 13.1. The first-order valence-electron chi connectivity index (χ1n) is 14.4. The van der Waals surface area contributed by atoms with Crippen molar-refractivity contribution < 1.29 is 27.4 Å². The number of hydrogen-bond acceptors (Lipinski definition) is 6. The fourth-order valence-corrected chi connectivity index (χ4v) is 5.83. The Morgan fingerprint density at radius 1 is 1.02 bits per heavy atom. The number of rotatable bonds is 8. The number of hydrogen-bond donors (Lipinski definition) is 1. The van der Waals surface area contributed by atoms with Crippen molar-refractivity contribution in [3.63, 3.8) is 0 Å². The van der Waals surface area contributed by atoms with Gasteiger partial charge in [-0.2, -0.15) is 4.99 Å². The van der Waals surface area contributed by atoms with Crippen LogP contribution in [0, 0.1) is 0 Å². The average molecular weight is 639 g/mol. The maximum Gasteiger partial charge on any atom is 0.573 e. The van der Waals surface area contributed by atoms with E-state index >= 15 is 0 Å². The summed E-state index contributed by atoms with van der Waals surface area (Å²) in [6.07, 6.45) is -2.31. The van der Waals surface area contributed by atoms with E-state index in [1.165, 1.54) is 35.3 Å². The molecule has 1 fully saturated rings. The Bertz CT molecular complexity index is 1660. The Morgan fingerprint density at radius 3 is 2.40 bits per heavy atom. The van der Waals surface area contributed by atoms with E-state index < -0.39 is 12.4 Å². The van der Waals surface area contributed by atoms with Crippen molar-refractivity contribution >= 4 is 28.6 Å². The second-order valence-corrected chi connectivity index (χ2v) is 11.7. The molecule has 1 aliphatic heterocycles. The molecule has 5 rings (SSSR count). The van der Waals surface area contributed by atoms with E-state index in [0.717, 1.165) is 46.8 Å². The van der Waals surface area contributed by atoms with Crippen LogP contribution < -0.4 is 19.7 Å². The van der Waals surface area contributed by atoms with Gasteiger partial charge in [-0.05, 0) is 60.7 Å². The fourth-order valence-electron chi connectivity index (χ4n) is 4.88. The molecule has 1 aromatic heterocycles. The third kappa shape index (κ3) is 7.96. The SMILES string of the molecule is COc1ccc(C(C)C)c(N2CCCSC2=NC(=O)NC(C)c2ccc(-c3ncn(-c4ccc(OC(F)(F)F)cc4)n3)cc2)c1. The molecule has 0 radical (unpaired) electrons. The largest absolute Gasteiger partial charge is 0.573 e. The van der Waals surface area contributed by atoms with Crippen molar-refractivity contribution in [2.75, 3.05) is 24.3 Å². The van der Waals surface area contributed by atoms with Crippen molar-refractivity contribution in [3.8, 4) is 28.6 Å². The van der Waals surface area contributed by atoms with Crippen LogP contribution in [0.2, 0.25) is 0 Å². The van der Waals surface area contributed by atoms with Gasteiger partial charge in [0, 0.05) is 29.6 Å². The normalized spacial score (nSPS) is 15.3. The molecule has 2 heterocycles. The van der Waals surface area contributed by atoms with Crippen molar-refractivity contribution in [1.29, 1.82) is 0 Å². The van der Waals surface area contributed by atoms with Crippen molar-refractivity contribution in [2.45, 2.75) is 45.5 Å². The van der Waals surface area contributed by atoms with Gasteiger partial charge in [0.05, 0.1) is 18.8 Å². The van der Waals surface area contributed by atoms with Crippen LogP contribution in [0.4, 0.5) is 23.7 Å². The van der Waals surface area contributed by atoms with E-state index in [1.54, 1.807) is 18.9 Å². The smallest absolute Gasteiger partial charge is 0.497 e.